The third-order valence-electron chi connectivity index (χ3n) is 3.49. The number of anilines is 1. The van der Waals surface area contributed by atoms with E-state index in [9.17, 15) is 13.2 Å². The van der Waals surface area contributed by atoms with E-state index in [0.29, 0.717) is 11.5 Å². The number of benzene rings is 2. The molecule has 0 saturated carbocycles. The highest BCUT2D eigenvalue weighted by Crippen LogP contribution is 2.33. The number of ether oxygens (including phenoxy) is 3. The molecule has 25 heavy (non-hydrogen) atoms. The van der Waals surface area contributed by atoms with Crippen molar-refractivity contribution in [3.8, 4) is 11.5 Å². The van der Waals surface area contributed by atoms with Gasteiger partial charge in [-0.25, -0.2) is 8.42 Å². The molecule has 2 aromatic carbocycles. The smallest absolute Gasteiger partial charge is 0.326 e. The summed E-state index contributed by atoms with van der Waals surface area (Å²) in [4.78, 5) is 11.8. The van der Waals surface area contributed by atoms with Gasteiger partial charge in [-0.1, -0.05) is 18.2 Å². The highest BCUT2D eigenvalue weighted by atomic mass is 32.2. The zero-order chi connectivity index (χ0) is 18.4. The highest BCUT2D eigenvalue weighted by Gasteiger charge is 2.28. The molecule has 2 rings (SSSR count). The van der Waals surface area contributed by atoms with Gasteiger partial charge >= 0.3 is 5.97 Å². The van der Waals surface area contributed by atoms with E-state index in [1.54, 1.807) is 24.3 Å². The zero-order valence-corrected chi connectivity index (χ0v) is 14.9. The van der Waals surface area contributed by atoms with E-state index in [1.165, 1.54) is 45.6 Å². The van der Waals surface area contributed by atoms with Gasteiger partial charge in [0.15, 0.2) is 11.5 Å². The molecule has 134 valence electrons. The highest BCUT2D eigenvalue weighted by molar-refractivity contribution is 7.92. The molecule has 0 amide bonds. The molecule has 0 aliphatic carbocycles. The zero-order valence-electron chi connectivity index (χ0n) is 14.1. The largest absolute Gasteiger partial charge is 0.493 e. The standard InChI is InChI=1S/C17H19NO6S/c1-22-15-10-9-13(11-16(15)23-2)18(12-17(19)24-3)25(20,21)14-7-5-4-6-8-14/h4-11H,12H2,1-3H3. The van der Waals surface area contributed by atoms with Crippen molar-refractivity contribution in [3.63, 3.8) is 0 Å². The average molecular weight is 365 g/mol. The lowest BCUT2D eigenvalue weighted by Crippen LogP contribution is -2.36. The van der Waals surface area contributed by atoms with Crippen LogP contribution in [0.1, 0.15) is 0 Å². The summed E-state index contributed by atoms with van der Waals surface area (Å²) in [6.07, 6.45) is 0. The van der Waals surface area contributed by atoms with Crippen molar-refractivity contribution in [1.82, 2.24) is 0 Å². The summed E-state index contributed by atoms with van der Waals surface area (Å²) in [7, 11) is 0.150. The Morgan fingerprint density at radius 1 is 0.960 bits per heavy atom. The first-order chi connectivity index (χ1) is 11.9. The fourth-order valence-electron chi connectivity index (χ4n) is 2.20. The first-order valence-electron chi connectivity index (χ1n) is 7.30. The van der Waals surface area contributed by atoms with Crippen LogP contribution in [0.5, 0.6) is 11.5 Å². The van der Waals surface area contributed by atoms with Crippen LogP contribution < -0.4 is 13.8 Å². The number of hydrogen-bond donors (Lipinski definition) is 0. The van der Waals surface area contributed by atoms with Gasteiger partial charge < -0.3 is 14.2 Å². The monoisotopic (exact) mass is 365 g/mol. The number of methoxy groups -OCH3 is 3. The molecule has 0 N–H and O–H groups in total. The number of hydrogen-bond acceptors (Lipinski definition) is 6. The van der Waals surface area contributed by atoms with E-state index in [4.69, 9.17) is 9.47 Å². The number of sulfonamides is 1. The van der Waals surface area contributed by atoms with E-state index in [-0.39, 0.29) is 10.6 Å². The lowest BCUT2D eigenvalue weighted by Gasteiger charge is -2.24. The molecule has 0 aromatic heterocycles. The minimum absolute atomic E-state index is 0.0636. The molecule has 8 heteroatoms. The number of rotatable bonds is 7. The van der Waals surface area contributed by atoms with E-state index in [0.717, 1.165) is 4.31 Å². The number of carbonyl (C=O) groups is 1. The quantitative estimate of drug-likeness (QED) is 0.699. The predicted octanol–water partition coefficient (Wildman–Crippen LogP) is 2.07. The normalized spacial score (nSPS) is 10.8. The summed E-state index contributed by atoms with van der Waals surface area (Å²) in [5.41, 5.74) is 0.256. The van der Waals surface area contributed by atoms with E-state index in [2.05, 4.69) is 4.74 Å². The van der Waals surface area contributed by atoms with Gasteiger partial charge in [-0.2, -0.15) is 0 Å². The molecule has 0 heterocycles. The molecule has 2 aromatic rings. The van der Waals surface area contributed by atoms with Gasteiger partial charge in [0.05, 0.1) is 31.9 Å². The van der Waals surface area contributed by atoms with Crippen molar-refractivity contribution in [2.45, 2.75) is 4.90 Å². The van der Waals surface area contributed by atoms with Crippen LogP contribution in [0, 0.1) is 0 Å². The van der Waals surface area contributed by atoms with Gasteiger partial charge in [-0.05, 0) is 24.3 Å². The minimum atomic E-state index is -3.97. The first-order valence-corrected chi connectivity index (χ1v) is 8.74. The third kappa shape index (κ3) is 4.03. The van der Waals surface area contributed by atoms with Crippen LogP contribution in [0.4, 0.5) is 5.69 Å². The van der Waals surface area contributed by atoms with Crippen LogP contribution in [-0.2, 0) is 19.6 Å². The molecule has 0 aliphatic rings. The van der Waals surface area contributed by atoms with Gasteiger partial charge in [0.2, 0.25) is 0 Å². The van der Waals surface area contributed by atoms with Crippen LogP contribution in [0.15, 0.2) is 53.4 Å². The maximum Gasteiger partial charge on any atom is 0.326 e. The summed E-state index contributed by atoms with van der Waals surface area (Å²) >= 11 is 0. The summed E-state index contributed by atoms with van der Waals surface area (Å²) in [6.45, 7) is -0.469. The molecule has 0 atom stereocenters. The van der Waals surface area contributed by atoms with Crippen LogP contribution in [-0.4, -0.2) is 42.3 Å². The summed E-state index contributed by atoms with van der Waals surface area (Å²) in [6, 6.07) is 12.4. The van der Waals surface area contributed by atoms with E-state index < -0.39 is 22.5 Å². The van der Waals surface area contributed by atoms with E-state index >= 15 is 0 Å². The Kier molecular flexibility index (Phi) is 5.87. The van der Waals surface area contributed by atoms with Gasteiger partial charge in [-0.3, -0.25) is 9.10 Å². The summed E-state index contributed by atoms with van der Waals surface area (Å²) < 4.78 is 41.9. The number of esters is 1. The Balaban J connectivity index is 2.55. The molecular formula is C17H19NO6S. The molecule has 7 nitrogen and oxygen atoms in total. The molecule has 0 fully saturated rings. The second-order valence-electron chi connectivity index (χ2n) is 4.94. The molecule has 0 spiro atoms. The molecule has 0 bridgehead atoms. The van der Waals surface area contributed by atoms with Crippen molar-refractivity contribution < 1.29 is 27.4 Å². The minimum Gasteiger partial charge on any atom is -0.493 e. The number of carbonyl (C=O) groups excluding carboxylic acids is 1. The lowest BCUT2D eigenvalue weighted by molar-refractivity contribution is -0.138. The van der Waals surface area contributed by atoms with Crippen molar-refractivity contribution in [3.05, 3.63) is 48.5 Å². The first kappa shape index (κ1) is 18.6. The molecular weight excluding hydrogens is 346 g/mol. The molecule has 0 aliphatic heterocycles. The van der Waals surface area contributed by atoms with Crippen molar-refractivity contribution in [2.24, 2.45) is 0 Å². The van der Waals surface area contributed by atoms with Gasteiger partial charge in [0, 0.05) is 6.07 Å². The van der Waals surface area contributed by atoms with Gasteiger partial charge in [0.1, 0.15) is 6.54 Å². The Labute approximate surface area is 146 Å². The predicted molar refractivity (Wildman–Crippen MR) is 92.5 cm³/mol. The fourth-order valence-corrected chi connectivity index (χ4v) is 3.62. The Hall–Kier alpha value is -2.74. The van der Waals surface area contributed by atoms with Crippen molar-refractivity contribution >= 4 is 21.7 Å². The topological polar surface area (TPSA) is 82.1 Å². The van der Waals surface area contributed by atoms with Gasteiger partial charge in [0.25, 0.3) is 10.0 Å². The maximum absolute atomic E-state index is 13.0. The van der Waals surface area contributed by atoms with Gasteiger partial charge in [-0.15, -0.1) is 0 Å². The molecule has 0 saturated heterocycles. The van der Waals surface area contributed by atoms with Crippen LogP contribution in [0.3, 0.4) is 0 Å². The second kappa shape index (κ2) is 7.89. The van der Waals surface area contributed by atoms with Crippen LogP contribution >= 0.6 is 0 Å². The summed E-state index contributed by atoms with van der Waals surface area (Å²) in [5, 5.41) is 0. The average Bonchev–Trinajstić information content (AvgIpc) is 2.65. The van der Waals surface area contributed by atoms with Crippen LogP contribution in [0.25, 0.3) is 0 Å². The lowest BCUT2D eigenvalue weighted by atomic mass is 10.2. The molecule has 0 radical (unpaired) electrons. The molecule has 0 unspecified atom stereocenters. The Morgan fingerprint density at radius 3 is 2.16 bits per heavy atom. The van der Waals surface area contributed by atoms with E-state index in [1.807, 2.05) is 0 Å². The maximum atomic E-state index is 13.0. The fraction of sp³-hybridized carbons (Fsp3) is 0.235. The number of nitrogens with zero attached hydrogens (tertiary/aromatic N) is 1. The van der Waals surface area contributed by atoms with Crippen molar-refractivity contribution in [2.75, 3.05) is 32.2 Å². The Bertz CT molecular complexity index is 835. The third-order valence-corrected chi connectivity index (χ3v) is 5.27. The SMILES string of the molecule is COC(=O)CN(c1ccc(OC)c(OC)c1)S(=O)(=O)c1ccccc1. The van der Waals surface area contributed by atoms with Crippen LogP contribution in [0.2, 0.25) is 0 Å². The Morgan fingerprint density at radius 2 is 1.60 bits per heavy atom. The summed E-state index contributed by atoms with van der Waals surface area (Å²) in [5.74, 6) is 0.105. The second-order valence-corrected chi connectivity index (χ2v) is 6.80. The van der Waals surface area contributed by atoms with Crippen molar-refractivity contribution in [1.29, 1.82) is 0 Å².